The number of aromatic amines is 1. The van der Waals surface area contributed by atoms with E-state index < -0.39 is 52.1 Å². The van der Waals surface area contributed by atoms with Gasteiger partial charge in [-0.15, -0.1) is 0 Å². The third-order valence-electron chi connectivity index (χ3n) is 5.74. The van der Waals surface area contributed by atoms with Crippen molar-refractivity contribution in [3.8, 4) is 0 Å². The predicted octanol–water partition coefficient (Wildman–Crippen LogP) is 1.23. The number of benzene rings is 1. The minimum Gasteiger partial charge on any atom is -0.387 e. The molecule has 1 aromatic carbocycles. The van der Waals surface area contributed by atoms with Crippen LogP contribution in [0.25, 0.3) is 22.1 Å². The number of fused-ring (bicyclic) bond motifs is 2. The fourth-order valence-corrected chi connectivity index (χ4v) is 7.12. The summed E-state index contributed by atoms with van der Waals surface area (Å²) >= 11 is 6.16. The van der Waals surface area contributed by atoms with E-state index in [4.69, 9.17) is 26.1 Å². The van der Waals surface area contributed by atoms with Crippen LogP contribution in [0.2, 0.25) is 5.28 Å². The first kappa shape index (κ1) is 26.2. The molecule has 1 aliphatic heterocycles. The molecule has 0 aliphatic carbocycles. The van der Waals surface area contributed by atoms with Gasteiger partial charge >= 0.3 is 7.60 Å². The first-order valence-corrected chi connectivity index (χ1v) is 14.8. The molecule has 5 atom stereocenters. The number of hydrogen-bond donors (Lipinski definition) is 8. The Morgan fingerprint density at radius 2 is 1.92 bits per heavy atom. The van der Waals surface area contributed by atoms with E-state index in [2.05, 4.69) is 30.3 Å². The van der Waals surface area contributed by atoms with E-state index in [0.29, 0.717) is 11.2 Å². The monoisotopic (exact) mass is 573 g/mol. The molecule has 1 aliphatic rings. The van der Waals surface area contributed by atoms with Gasteiger partial charge in [0.15, 0.2) is 23.2 Å². The van der Waals surface area contributed by atoms with E-state index >= 15 is 0 Å². The number of nitrogens with one attached hydrogen (secondary N) is 3. The van der Waals surface area contributed by atoms with Gasteiger partial charge in [0.1, 0.15) is 24.2 Å². The van der Waals surface area contributed by atoms with Crippen LogP contribution in [0.4, 0.5) is 11.5 Å². The lowest BCUT2D eigenvalue weighted by molar-refractivity contribution is -0.0331. The van der Waals surface area contributed by atoms with E-state index in [9.17, 15) is 24.2 Å². The highest BCUT2D eigenvalue weighted by Gasteiger charge is 2.45. The number of aliphatic hydroxyl groups excluding tert-OH is 2. The van der Waals surface area contributed by atoms with Crippen LogP contribution in [0.15, 0.2) is 36.8 Å². The zero-order valence-electron chi connectivity index (χ0n) is 18.7. The predicted molar refractivity (Wildman–Crippen MR) is 133 cm³/mol. The molecular weight excluding hydrogens is 552 g/mol. The average molecular weight is 574 g/mol. The lowest BCUT2D eigenvalue weighted by Gasteiger charge is -2.19. The van der Waals surface area contributed by atoms with Gasteiger partial charge in [-0.25, -0.2) is 10.1 Å². The van der Waals surface area contributed by atoms with E-state index in [-0.39, 0.29) is 16.7 Å². The fourth-order valence-electron chi connectivity index (χ4n) is 4.09. The smallest absolute Gasteiger partial charge is 0.336 e. The molecule has 15 nitrogen and oxygen atoms in total. The van der Waals surface area contributed by atoms with Gasteiger partial charge in [-0.1, -0.05) is 0 Å². The van der Waals surface area contributed by atoms with Crippen molar-refractivity contribution < 1.29 is 38.8 Å². The van der Waals surface area contributed by atoms with Crippen molar-refractivity contribution in [3.05, 3.63) is 42.1 Å². The number of H-pyrrole nitrogens is 1. The molecule has 8 N–H and O–H groups in total. The second kappa shape index (κ2) is 9.71. The first-order valence-electron chi connectivity index (χ1n) is 10.8. The highest BCUT2D eigenvalue weighted by Crippen LogP contribution is 2.52. The number of hydrogen-bond acceptors (Lipinski definition) is 9. The summed E-state index contributed by atoms with van der Waals surface area (Å²) in [5.41, 5.74) is 2.14. The quantitative estimate of drug-likeness (QED) is 0.110. The molecule has 0 bridgehead atoms. The molecule has 0 amide bonds. The van der Waals surface area contributed by atoms with Crippen LogP contribution in [-0.4, -0.2) is 80.2 Å². The molecular formula is C19H22ClN7O8P2. The van der Waals surface area contributed by atoms with Crippen LogP contribution in [0.3, 0.4) is 0 Å². The third kappa shape index (κ3) is 5.56. The number of rotatable bonds is 8. The van der Waals surface area contributed by atoms with Gasteiger partial charge in [0.05, 0.1) is 6.33 Å². The van der Waals surface area contributed by atoms with Gasteiger partial charge in [-0.3, -0.25) is 13.7 Å². The first-order chi connectivity index (χ1) is 17.4. The standard InChI is InChI=1S/C19H22ClN7O8P2/c20-19-25-16(24-10-1-2-11-9(5-10)3-4-21-11)13-17(26-19)27(7-22-13)18-15(29)14(28)12(35-18)6-23-36(30,31)8-37(32,33)34/h1-5,7,12,14-15,18,21,28-29H,6,8H2,(H2,23,30,31)(H,24,25,26)(H2,32,33,34). The van der Waals surface area contributed by atoms with E-state index in [1.807, 2.05) is 30.5 Å². The van der Waals surface area contributed by atoms with E-state index in [1.54, 1.807) is 0 Å². The van der Waals surface area contributed by atoms with Crippen molar-refractivity contribution in [2.45, 2.75) is 24.5 Å². The normalized spacial score (nSPS) is 24.1. The summed E-state index contributed by atoms with van der Waals surface area (Å²) in [5.74, 6) is -1.00. The largest absolute Gasteiger partial charge is 0.387 e. The van der Waals surface area contributed by atoms with Crippen LogP contribution in [-0.2, 0) is 13.9 Å². The lowest BCUT2D eigenvalue weighted by atomic mass is 10.1. The van der Waals surface area contributed by atoms with Crippen LogP contribution in [0, 0.1) is 0 Å². The molecule has 0 saturated carbocycles. The molecule has 1 saturated heterocycles. The number of aliphatic hydroxyl groups is 2. The molecule has 37 heavy (non-hydrogen) atoms. The zero-order valence-corrected chi connectivity index (χ0v) is 21.3. The topological polar surface area (TPSA) is 228 Å². The highest BCUT2D eigenvalue weighted by atomic mass is 35.5. The third-order valence-corrected chi connectivity index (χ3v) is 9.59. The molecule has 0 radical (unpaired) electrons. The SMILES string of the molecule is O=P(O)(O)CP(=O)(O)NCC1OC(n2cnc3c(Nc4ccc5[nH]ccc5c4)nc(Cl)nc32)C(O)C1O. The molecule has 5 rings (SSSR count). The second-order valence-electron chi connectivity index (χ2n) is 8.49. The van der Waals surface area contributed by atoms with Crippen molar-refractivity contribution in [2.24, 2.45) is 0 Å². The fraction of sp³-hybridized carbons (Fsp3) is 0.316. The van der Waals surface area contributed by atoms with Gasteiger partial charge in [0.2, 0.25) is 5.28 Å². The molecule has 0 spiro atoms. The van der Waals surface area contributed by atoms with Crippen LogP contribution < -0.4 is 10.4 Å². The summed E-state index contributed by atoms with van der Waals surface area (Å²) < 4.78 is 30.2. The van der Waals surface area contributed by atoms with Gasteiger partial charge < -0.3 is 39.9 Å². The summed E-state index contributed by atoms with van der Waals surface area (Å²) in [6.07, 6.45) is -2.27. The summed E-state index contributed by atoms with van der Waals surface area (Å²) in [4.78, 5) is 43.5. The minimum absolute atomic E-state index is 0.121. The van der Waals surface area contributed by atoms with Crippen molar-refractivity contribution in [1.29, 1.82) is 0 Å². The second-order valence-corrected chi connectivity index (χ2v) is 13.0. The Morgan fingerprint density at radius 3 is 2.68 bits per heavy atom. The number of nitrogens with zero attached hydrogens (tertiary/aromatic N) is 4. The van der Waals surface area contributed by atoms with Crippen molar-refractivity contribution in [3.63, 3.8) is 0 Å². The van der Waals surface area contributed by atoms with Crippen LogP contribution in [0.1, 0.15) is 6.23 Å². The zero-order chi connectivity index (χ0) is 26.5. The van der Waals surface area contributed by atoms with Crippen LogP contribution in [0.5, 0.6) is 0 Å². The Morgan fingerprint density at radius 1 is 1.14 bits per heavy atom. The molecule has 18 heteroatoms. The molecule has 4 aromatic rings. The summed E-state index contributed by atoms with van der Waals surface area (Å²) in [7, 11) is -9.22. The molecule has 1 fully saturated rings. The van der Waals surface area contributed by atoms with Gasteiger partial charge in [0.25, 0.3) is 7.52 Å². The minimum atomic E-state index is -4.77. The van der Waals surface area contributed by atoms with Crippen molar-refractivity contribution in [2.75, 3.05) is 17.8 Å². The maximum absolute atomic E-state index is 12.0. The lowest BCUT2D eigenvalue weighted by Crippen LogP contribution is -2.37. The van der Waals surface area contributed by atoms with Gasteiger partial charge in [-0.2, -0.15) is 9.97 Å². The van der Waals surface area contributed by atoms with Gasteiger partial charge in [0, 0.05) is 29.3 Å². The van der Waals surface area contributed by atoms with Crippen molar-refractivity contribution in [1.82, 2.24) is 29.6 Å². The Hall–Kier alpha value is -2.42. The molecule has 5 unspecified atom stereocenters. The Balaban J connectivity index is 1.38. The number of anilines is 2. The number of ether oxygens (including phenoxy) is 1. The molecule has 3 aromatic heterocycles. The van der Waals surface area contributed by atoms with Crippen molar-refractivity contribution >= 4 is 60.3 Å². The van der Waals surface area contributed by atoms with Gasteiger partial charge in [-0.05, 0) is 35.9 Å². The van der Waals surface area contributed by atoms with E-state index in [0.717, 1.165) is 10.9 Å². The average Bonchev–Trinajstić information content (AvgIpc) is 3.49. The number of imidazole rings is 1. The van der Waals surface area contributed by atoms with Crippen LogP contribution >= 0.6 is 26.7 Å². The summed E-state index contributed by atoms with van der Waals surface area (Å²) in [5, 5.41) is 27.2. The number of halogens is 1. The Labute approximate surface area is 213 Å². The maximum atomic E-state index is 12.0. The maximum Gasteiger partial charge on any atom is 0.336 e. The molecule has 198 valence electrons. The van der Waals surface area contributed by atoms with E-state index in [1.165, 1.54) is 10.9 Å². The Kier molecular flexibility index (Phi) is 6.88. The summed E-state index contributed by atoms with van der Waals surface area (Å²) in [6, 6.07) is 7.53. The Bertz CT molecular complexity index is 1560. The number of aromatic nitrogens is 5. The summed E-state index contributed by atoms with van der Waals surface area (Å²) in [6.45, 7) is -0.473. The highest BCUT2D eigenvalue weighted by molar-refractivity contribution is 7.71. The molecule has 4 heterocycles.